The number of aryl methyl sites for hydroxylation is 1. The Hall–Kier alpha value is -1.29. The summed E-state index contributed by atoms with van der Waals surface area (Å²) in [7, 11) is 0. The van der Waals surface area contributed by atoms with Gasteiger partial charge in [-0.2, -0.15) is 0 Å². The number of nitrogens with one attached hydrogen (secondary N) is 1. The molecule has 0 radical (unpaired) electrons. The van der Waals surface area contributed by atoms with E-state index in [9.17, 15) is 4.39 Å². The van der Waals surface area contributed by atoms with Crippen molar-refractivity contribution in [2.24, 2.45) is 0 Å². The molecule has 1 fully saturated rings. The summed E-state index contributed by atoms with van der Waals surface area (Å²) in [4.78, 5) is 2.50. The smallest absolute Gasteiger partial charge is 0.128 e. The third-order valence-electron chi connectivity index (χ3n) is 3.82. The van der Waals surface area contributed by atoms with E-state index in [1.165, 1.54) is 19.0 Å². The average Bonchev–Trinajstić information content (AvgIpc) is 2.38. The molecule has 0 aliphatic carbocycles. The fraction of sp³-hybridized carbons (Fsp3) is 0.600. The average molecular weight is 265 g/mol. The van der Waals surface area contributed by atoms with Gasteiger partial charge in [-0.15, -0.1) is 0 Å². The summed E-state index contributed by atoms with van der Waals surface area (Å²) >= 11 is 0. The molecule has 0 bridgehead atoms. The lowest BCUT2D eigenvalue weighted by molar-refractivity contribution is 0.219. The van der Waals surface area contributed by atoms with E-state index in [-0.39, 0.29) is 5.82 Å². The van der Waals surface area contributed by atoms with Crippen molar-refractivity contribution in [2.75, 3.05) is 30.7 Å². The number of halogens is 1. The van der Waals surface area contributed by atoms with E-state index in [1.54, 1.807) is 6.92 Å². The molecule has 2 rings (SSSR count). The van der Waals surface area contributed by atoms with Crippen molar-refractivity contribution < 1.29 is 4.39 Å². The van der Waals surface area contributed by atoms with Crippen LogP contribution in [0, 0.1) is 12.7 Å². The second-order valence-electron chi connectivity index (χ2n) is 5.45. The number of anilines is 2. The van der Waals surface area contributed by atoms with Gasteiger partial charge in [-0.3, -0.25) is 0 Å². The minimum absolute atomic E-state index is 0.235. The van der Waals surface area contributed by atoms with Crippen LogP contribution in [0.3, 0.4) is 0 Å². The highest BCUT2D eigenvalue weighted by Crippen LogP contribution is 2.25. The molecule has 1 aliphatic heterocycles. The van der Waals surface area contributed by atoms with Crippen LogP contribution in [0.15, 0.2) is 12.1 Å². The van der Waals surface area contributed by atoms with E-state index in [0.717, 1.165) is 31.6 Å². The molecule has 0 spiro atoms. The standard InChI is InChI=1S/C15H24FN3/c1-3-6-19-7-4-12(5-8-19)18-15-9-11(2)13(16)10-14(15)17/h9-10,12,18H,3-8,17H2,1-2H3. The molecule has 106 valence electrons. The molecule has 3 nitrogen and oxygen atoms in total. The van der Waals surface area contributed by atoms with Gasteiger partial charge in [0.05, 0.1) is 11.4 Å². The summed E-state index contributed by atoms with van der Waals surface area (Å²) in [6, 6.07) is 3.66. The summed E-state index contributed by atoms with van der Waals surface area (Å²) in [6.07, 6.45) is 3.45. The van der Waals surface area contributed by atoms with E-state index < -0.39 is 0 Å². The van der Waals surface area contributed by atoms with E-state index in [2.05, 4.69) is 17.1 Å². The molecule has 0 amide bonds. The Labute approximate surface area is 115 Å². The summed E-state index contributed by atoms with van der Waals surface area (Å²) < 4.78 is 13.4. The first kappa shape index (κ1) is 14.1. The van der Waals surface area contributed by atoms with Crippen molar-refractivity contribution in [3.8, 4) is 0 Å². The van der Waals surface area contributed by atoms with Crippen LogP contribution in [0.1, 0.15) is 31.7 Å². The minimum atomic E-state index is -0.235. The Morgan fingerprint density at radius 3 is 2.68 bits per heavy atom. The lowest BCUT2D eigenvalue weighted by Crippen LogP contribution is -2.39. The largest absolute Gasteiger partial charge is 0.397 e. The number of nitrogen functional groups attached to an aromatic ring is 1. The Balaban J connectivity index is 1.94. The van der Waals surface area contributed by atoms with Crippen LogP contribution < -0.4 is 11.1 Å². The van der Waals surface area contributed by atoms with Crippen LogP contribution in [-0.4, -0.2) is 30.6 Å². The van der Waals surface area contributed by atoms with Gasteiger partial charge in [0.2, 0.25) is 0 Å². The highest BCUT2D eigenvalue weighted by Gasteiger charge is 2.19. The molecule has 1 aromatic rings. The van der Waals surface area contributed by atoms with Gasteiger partial charge in [0.25, 0.3) is 0 Å². The maximum absolute atomic E-state index is 13.4. The third-order valence-corrected chi connectivity index (χ3v) is 3.82. The number of rotatable bonds is 4. The van der Waals surface area contributed by atoms with Crippen molar-refractivity contribution in [1.29, 1.82) is 0 Å². The predicted molar refractivity (Wildman–Crippen MR) is 78.9 cm³/mol. The summed E-state index contributed by atoms with van der Waals surface area (Å²) in [5.74, 6) is -0.235. The maximum atomic E-state index is 13.4. The Morgan fingerprint density at radius 2 is 2.05 bits per heavy atom. The molecule has 1 aliphatic rings. The lowest BCUT2D eigenvalue weighted by Gasteiger charge is -2.32. The molecule has 19 heavy (non-hydrogen) atoms. The van der Waals surface area contributed by atoms with E-state index in [4.69, 9.17) is 5.73 Å². The van der Waals surface area contributed by atoms with Crippen molar-refractivity contribution in [2.45, 2.75) is 39.2 Å². The normalized spacial score (nSPS) is 17.6. The number of hydrogen-bond acceptors (Lipinski definition) is 3. The quantitative estimate of drug-likeness (QED) is 0.822. The van der Waals surface area contributed by atoms with Gasteiger partial charge in [-0.25, -0.2) is 4.39 Å². The number of benzene rings is 1. The number of likely N-dealkylation sites (tertiary alicyclic amines) is 1. The van der Waals surface area contributed by atoms with E-state index >= 15 is 0 Å². The van der Waals surface area contributed by atoms with Gasteiger partial charge in [-0.1, -0.05) is 6.92 Å². The molecule has 1 aromatic carbocycles. The number of piperidine rings is 1. The summed E-state index contributed by atoms with van der Waals surface area (Å²) in [5, 5.41) is 3.46. The van der Waals surface area contributed by atoms with Crippen LogP contribution in [0.2, 0.25) is 0 Å². The molecule has 0 aromatic heterocycles. The molecule has 0 unspecified atom stereocenters. The molecule has 0 atom stereocenters. The second kappa shape index (κ2) is 6.24. The zero-order valence-corrected chi connectivity index (χ0v) is 11.9. The summed E-state index contributed by atoms with van der Waals surface area (Å²) in [6.45, 7) is 7.43. The molecular weight excluding hydrogens is 241 g/mol. The van der Waals surface area contributed by atoms with Crippen LogP contribution in [0.25, 0.3) is 0 Å². The summed E-state index contributed by atoms with van der Waals surface area (Å²) in [5.41, 5.74) is 7.88. The number of hydrogen-bond donors (Lipinski definition) is 2. The highest BCUT2D eigenvalue weighted by molar-refractivity contribution is 5.67. The zero-order chi connectivity index (χ0) is 13.8. The Morgan fingerprint density at radius 1 is 1.37 bits per heavy atom. The van der Waals surface area contributed by atoms with Gasteiger partial charge >= 0.3 is 0 Å². The van der Waals surface area contributed by atoms with Crippen molar-refractivity contribution in [1.82, 2.24) is 4.90 Å². The van der Waals surface area contributed by atoms with Crippen LogP contribution in [0.5, 0.6) is 0 Å². The second-order valence-corrected chi connectivity index (χ2v) is 5.45. The predicted octanol–water partition coefficient (Wildman–Crippen LogP) is 3.00. The third kappa shape index (κ3) is 3.60. The highest BCUT2D eigenvalue weighted by atomic mass is 19.1. The molecular formula is C15H24FN3. The minimum Gasteiger partial charge on any atom is -0.397 e. The SMILES string of the molecule is CCCN1CCC(Nc2cc(C)c(F)cc2N)CC1. The molecule has 1 saturated heterocycles. The molecule has 4 heteroatoms. The molecule has 0 saturated carbocycles. The fourth-order valence-corrected chi connectivity index (χ4v) is 2.66. The monoisotopic (exact) mass is 265 g/mol. The number of nitrogens with zero attached hydrogens (tertiary/aromatic N) is 1. The van der Waals surface area contributed by atoms with Crippen molar-refractivity contribution in [3.05, 3.63) is 23.5 Å². The lowest BCUT2D eigenvalue weighted by atomic mass is 10.0. The van der Waals surface area contributed by atoms with Crippen molar-refractivity contribution in [3.63, 3.8) is 0 Å². The van der Waals surface area contributed by atoms with Crippen LogP contribution in [-0.2, 0) is 0 Å². The number of nitrogens with two attached hydrogens (primary N) is 1. The van der Waals surface area contributed by atoms with Gasteiger partial charge in [0.15, 0.2) is 0 Å². The first-order chi connectivity index (χ1) is 9.10. The topological polar surface area (TPSA) is 41.3 Å². The zero-order valence-electron chi connectivity index (χ0n) is 11.9. The maximum Gasteiger partial charge on any atom is 0.128 e. The Kier molecular flexibility index (Phi) is 4.64. The van der Waals surface area contributed by atoms with Crippen LogP contribution >= 0.6 is 0 Å². The van der Waals surface area contributed by atoms with Gasteiger partial charge in [0.1, 0.15) is 5.82 Å². The van der Waals surface area contributed by atoms with Crippen molar-refractivity contribution >= 4 is 11.4 Å². The fourth-order valence-electron chi connectivity index (χ4n) is 2.66. The Bertz CT molecular complexity index is 426. The van der Waals surface area contributed by atoms with E-state index in [0.29, 0.717) is 17.3 Å². The van der Waals surface area contributed by atoms with Gasteiger partial charge < -0.3 is 16.0 Å². The molecule has 3 N–H and O–H groups in total. The van der Waals surface area contributed by atoms with Gasteiger partial charge in [0, 0.05) is 19.1 Å². The molecule has 1 heterocycles. The first-order valence-electron chi connectivity index (χ1n) is 7.14. The first-order valence-corrected chi connectivity index (χ1v) is 7.14. The van der Waals surface area contributed by atoms with E-state index in [1.807, 2.05) is 6.07 Å². The van der Waals surface area contributed by atoms with Crippen LogP contribution in [0.4, 0.5) is 15.8 Å². The van der Waals surface area contributed by atoms with Gasteiger partial charge in [-0.05, 0) is 50.4 Å².